The molecule has 0 radical (unpaired) electrons. The molecule has 4 N–H and O–H groups in total. The summed E-state index contributed by atoms with van der Waals surface area (Å²) in [4.78, 5) is 50.2. The van der Waals surface area contributed by atoms with Gasteiger partial charge in [0, 0.05) is 55.6 Å². The van der Waals surface area contributed by atoms with Crippen molar-refractivity contribution in [1.82, 2.24) is 24.0 Å². The van der Waals surface area contributed by atoms with Crippen LogP contribution < -0.4 is 21.5 Å². The number of aromatic hydroxyl groups is 1. The van der Waals surface area contributed by atoms with E-state index in [9.17, 15) is 37.1 Å². The minimum Gasteiger partial charge on any atom is -0.504 e. The number of pyridine rings is 1. The SMILES string of the molecule is CCN(C[C@H]1C[C@H](C)C(C)N1CC(F)(F)F)c1cc(NC(=O)Cn2cc(-c3cc(C(N)=O)c(O)c(F)c3F)c3c(=O)n(C)cnc32)c(Cl)cn1. The fraction of sp³-hybridized carbons (Fsp3) is 0.406. The molecule has 12 nitrogen and oxygen atoms in total. The van der Waals surface area contributed by atoms with Crippen molar-refractivity contribution in [3.63, 3.8) is 0 Å². The molecule has 3 atom stereocenters. The van der Waals surface area contributed by atoms with Crippen molar-refractivity contribution in [2.75, 3.05) is 29.9 Å². The van der Waals surface area contributed by atoms with Crippen LogP contribution in [0.25, 0.3) is 22.2 Å². The number of anilines is 2. The van der Waals surface area contributed by atoms with Gasteiger partial charge < -0.3 is 30.2 Å². The summed E-state index contributed by atoms with van der Waals surface area (Å²) >= 11 is 6.37. The van der Waals surface area contributed by atoms with Gasteiger partial charge in [-0.15, -0.1) is 0 Å². The maximum Gasteiger partial charge on any atom is 0.401 e. The first-order valence-electron chi connectivity index (χ1n) is 15.5. The van der Waals surface area contributed by atoms with Crippen molar-refractivity contribution in [1.29, 1.82) is 0 Å². The summed E-state index contributed by atoms with van der Waals surface area (Å²) < 4.78 is 72.3. The number of carbonyl (C=O) groups excluding carboxylic acids is 2. The molecule has 4 heterocycles. The number of nitrogens with two attached hydrogens (primary N) is 1. The highest BCUT2D eigenvalue weighted by Crippen LogP contribution is 2.37. The third kappa shape index (κ3) is 7.10. The third-order valence-electron chi connectivity index (χ3n) is 9.06. The highest BCUT2D eigenvalue weighted by Gasteiger charge is 2.43. The number of nitrogens with zero attached hydrogens (tertiary/aromatic N) is 6. The van der Waals surface area contributed by atoms with E-state index in [0.29, 0.717) is 18.8 Å². The Labute approximate surface area is 287 Å². The zero-order valence-electron chi connectivity index (χ0n) is 27.4. The number of primary amides is 1. The average molecular weight is 725 g/mol. The zero-order valence-corrected chi connectivity index (χ0v) is 28.1. The molecule has 2 amide bonds. The van der Waals surface area contributed by atoms with Gasteiger partial charge in [-0.2, -0.15) is 17.6 Å². The first kappa shape index (κ1) is 36.5. The molecule has 268 valence electrons. The van der Waals surface area contributed by atoms with Crippen molar-refractivity contribution in [3.8, 4) is 16.9 Å². The van der Waals surface area contributed by atoms with Crippen LogP contribution in [0.3, 0.4) is 0 Å². The smallest absolute Gasteiger partial charge is 0.401 e. The Morgan fingerprint density at radius 2 is 1.86 bits per heavy atom. The number of benzene rings is 1. The summed E-state index contributed by atoms with van der Waals surface area (Å²) in [5, 5.41) is 12.4. The number of aryl methyl sites for hydroxylation is 1. The topological polar surface area (TPSA) is 152 Å². The average Bonchev–Trinajstić information content (AvgIpc) is 3.52. The summed E-state index contributed by atoms with van der Waals surface area (Å²) in [6, 6.07) is 1.61. The number of hydrogen-bond donors (Lipinski definition) is 3. The van der Waals surface area contributed by atoms with Crippen LogP contribution in [0.4, 0.5) is 33.5 Å². The standard InChI is InChI=1S/C32H34ClF5N8O4/c1-5-44(10-17-6-15(2)16(3)46(17)13-32(36,37)38)23-8-22(21(33)9-40-23)42-24(47)12-45-11-20(25-30(45)41-14-43(4)31(25)50)18-7-19(29(39)49)28(48)27(35)26(18)34/h7-9,11,14-17,48H,5-6,10,12-13H2,1-4H3,(H2,39,49)(H,40,42,47)/t15-,16?,17+/m0/s1. The van der Waals surface area contributed by atoms with Crippen molar-refractivity contribution >= 4 is 46.0 Å². The molecule has 1 fully saturated rings. The fourth-order valence-corrected chi connectivity index (χ4v) is 6.50. The molecule has 18 heteroatoms. The number of aromatic nitrogens is 4. The molecular formula is C32H34ClF5N8O4. The molecule has 1 saturated heterocycles. The number of hydrogen-bond acceptors (Lipinski definition) is 8. The van der Waals surface area contributed by atoms with Gasteiger partial charge in [0.1, 0.15) is 18.0 Å². The number of halogens is 6. The number of fused-ring (bicyclic) bond motifs is 1. The van der Waals surface area contributed by atoms with Gasteiger partial charge in [0.05, 0.1) is 40.7 Å². The number of phenols is 1. The Morgan fingerprint density at radius 1 is 1.16 bits per heavy atom. The fourth-order valence-electron chi connectivity index (χ4n) is 6.35. The Morgan fingerprint density at radius 3 is 2.50 bits per heavy atom. The number of alkyl halides is 3. The van der Waals surface area contributed by atoms with Crippen LogP contribution in [0.15, 0.2) is 35.6 Å². The van der Waals surface area contributed by atoms with E-state index in [0.717, 1.165) is 10.6 Å². The quantitative estimate of drug-likeness (QED) is 0.200. The van der Waals surface area contributed by atoms with Crippen LogP contribution in [0.5, 0.6) is 5.75 Å². The molecule has 3 aromatic heterocycles. The highest BCUT2D eigenvalue weighted by atomic mass is 35.5. The van der Waals surface area contributed by atoms with E-state index in [1.165, 1.54) is 41.3 Å². The van der Waals surface area contributed by atoms with Gasteiger partial charge in [-0.1, -0.05) is 18.5 Å². The van der Waals surface area contributed by atoms with E-state index in [1.54, 1.807) is 11.8 Å². The molecule has 4 aromatic rings. The second-order valence-electron chi connectivity index (χ2n) is 12.3. The molecule has 0 saturated carbocycles. The summed E-state index contributed by atoms with van der Waals surface area (Å²) in [6.07, 6.45) is -0.168. The van der Waals surface area contributed by atoms with Gasteiger partial charge in [-0.25, -0.2) is 14.4 Å². The predicted molar refractivity (Wildman–Crippen MR) is 176 cm³/mol. The Bertz CT molecular complexity index is 2030. The van der Waals surface area contributed by atoms with Gasteiger partial charge in [0.15, 0.2) is 11.6 Å². The number of likely N-dealkylation sites (N-methyl/N-ethyl adjacent to an activating group) is 1. The number of rotatable bonds is 10. The second kappa shape index (κ2) is 13.9. The monoisotopic (exact) mass is 724 g/mol. The van der Waals surface area contributed by atoms with Gasteiger partial charge in [0.25, 0.3) is 11.5 Å². The molecule has 1 unspecified atom stereocenters. The maximum absolute atomic E-state index is 15.2. The number of nitrogens with one attached hydrogen (secondary N) is 1. The molecule has 0 bridgehead atoms. The minimum absolute atomic E-state index is 0.0452. The highest BCUT2D eigenvalue weighted by molar-refractivity contribution is 6.33. The second-order valence-corrected chi connectivity index (χ2v) is 12.8. The van der Waals surface area contributed by atoms with E-state index in [2.05, 4.69) is 15.3 Å². The van der Waals surface area contributed by atoms with E-state index >= 15 is 4.39 Å². The van der Waals surface area contributed by atoms with E-state index in [4.69, 9.17) is 17.3 Å². The Kier molecular flexibility index (Phi) is 10.1. The van der Waals surface area contributed by atoms with Crippen molar-refractivity contribution < 1.29 is 36.6 Å². The molecular weight excluding hydrogens is 691 g/mol. The number of carbonyl (C=O) groups is 2. The first-order chi connectivity index (χ1) is 23.4. The van der Waals surface area contributed by atoms with Crippen LogP contribution >= 0.6 is 11.6 Å². The lowest BCUT2D eigenvalue weighted by Crippen LogP contribution is -2.47. The number of likely N-dealkylation sites (tertiary alicyclic amines) is 1. The first-order valence-corrected chi connectivity index (χ1v) is 15.9. The van der Waals surface area contributed by atoms with Crippen LogP contribution in [-0.4, -0.2) is 78.8 Å². The Balaban J connectivity index is 1.44. The molecule has 0 aliphatic carbocycles. The van der Waals surface area contributed by atoms with Crippen LogP contribution in [0.1, 0.15) is 37.6 Å². The molecule has 5 rings (SSSR count). The third-order valence-corrected chi connectivity index (χ3v) is 9.36. The van der Waals surface area contributed by atoms with Gasteiger partial charge >= 0.3 is 6.18 Å². The normalized spacial score (nSPS) is 18.2. The van der Waals surface area contributed by atoms with E-state index < -0.39 is 71.2 Å². The molecule has 50 heavy (non-hydrogen) atoms. The molecule has 0 spiro atoms. The summed E-state index contributed by atoms with van der Waals surface area (Å²) in [6.45, 7) is 4.62. The van der Waals surface area contributed by atoms with Crippen molar-refractivity contribution in [2.24, 2.45) is 18.7 Å². The van der Waals surface area contributed by atoms with Crippen LogP contribution in [-0.2, 0) is 18.4 Å². The molecule has 1 aliphatic rings. The lowest BCUT2D eigenvalue weighted by atomic mass is 10.0. The molecule has 1 aromatic carbocycles. The molecule has 1 aliphatic heterocycles. The predicted octanol–water partition coefficient (Wildman–Crippen LogP) is 4.66. The van der Waals surface area contributed by atoms with Crippen molar-refractivity contribution in [2.45, 2.75) is 52.0 Å². The summed E-state index contributed by atoms with van der Waals surface area (Å²) in [7, 11) is 1.37. The largest absolute Gasteiger partial charge is 0.504 e. The van der Waals surface area contributed by atoms with E-state index in [1.807, 2.05) is 13.8 Å². The lowest BCUT2D eigenvalue weighted by molar-refractivity contribution is -0.151. The zero-order chi connectivity index (χ0) is 36.8. The van der Waals surface area contributed by atoms with Crippen LogP contribution in [0, 0.1) is 17.6 Å². The summed E-state index contributed by atoms with van der Waals surface area (Å²) in [5.74, 6) is -6.15. The lowest BCUT2D eigenvalue weighted by Gasteiger charge is -2.33. The van der Waals surface area contributed by atoms with Gasteiger partial charge in [-0.05, 0) is 32.3 Å². The van der Waals surface area contributed by atoms with E-state index in [-0.39, 0.29) is 45.8 Å². The van der Waals surface area contributed by atoms with Crippen LogP contribution in [0.2, 0.25) is 5.02 Å². The van der Waals surface area contributed by atoms with Gasteiger partial charge in [-0.3, -0.25) is 19.3 Å². The van der Waals surface area contributed by atoms with Gasteiger partial charge in [0.2, 0.25) is 11.7 Å². The number of amides is 2. The minimum atomic E-state index is -4.36. The summed E-state index contributed by atoms with van der Waals surface area (Å²) in [5.41, 5.74) is 3.08. The Hall–Kier alpha value is -4.77. The maximum atomic E-state index is 15.2. The van der Waals surface area contributed by atoms with Crippen molar-refractivity contribution in [3.05, 3.63) is 63.4 Å².